The van der Waals surface area contributed by atoms with Crippen LogP contribution < -0.4 is 10.6 Å². The SMILES string of the molecule is O=C(NCC1(C(=O)Nc2ccc(O)cc2C(=O)O)CC1)OCC1c2ccccc2-c2ccccc21. The predicted octanol–water partition coefficient (Wildman–Crippen LogP) is 4.35. The van der Waals surface area contributed by atoms with E-state index in [9.17, 15) is 24.6 Å². The minimum atomic E-state index is -1.27. The van der Waals surface area contributed by atoms with Crippen LogP contribution in [0.2, 0.25) is 0 Å². The van der Waals surface area contributed by atoms with Gasteiger partial charge in [-0.3, -0.25) is 4.79 Å². The Morgan fingerprint density at radius 3 is 2.17 bits per heavy atom. The first-order valence-corrected chi connectivity index (χ1v) is 11.3. The van der Waals surface area contributed by atoms with Gasteiger partial charge in [-0.15, -0.1) is 0 Å². The van der Waals surface area contributed by atoms with Gasteiger partial charge in [0.15, 0.2) is 0 Å². The highest BCUT2D eigenvalue weighted by molar-refractivity contribution is 6.03. The summed E-state index contributed by atoms with van der Waals surface area (Å²) in [4.78, 5) is 36.8. The first-order chi connectivity index (χ1) is 16.9. The molecule has 0 unspecified atom stereocenters. The van der Waals surface area contributed by atoms with Crippen molar-refractivity contribution >= 4 is 23.7 Å². The molecule has 0 aliphatic heterocycles. The highest BCUT2D eigenvalue weighted by Gasteiger charge is 2.50. The van der Waals surface area contributed by atoms with Crippen LogP contribution in [0.1, 0.15) is 40.2 Å². The maximum Gasteiger partial charge on any atom is 0.407 e. The smallest absolute Gasteiger partial charge is 0.407 e. The number of amides is 2. The molecule has 1 fully saturated rings. The van der Waals surface area contributed by atoms with Crippen LogP contribution in [0.3, 0.4) is 0 Å². The largest absolute Gasteiger partial charge is 0.508 e. The molecule has 2 aliphatic rings. The van der Waals surface area contributed by atoms with Gasteiger partial charge in [-0.05, 0) is 53.3 Å². The highest BCUT2D eigenvalue weighted by Crippen LogP contribution is 2.46. The molecule has 178 valence electrons. The van der Waals surface area contributed by atoms with E-state index in [0.29, 0.717) is 12.8 Å². The third kappa shape index (κ3) is 4.30. The van der Waals surface area contributed by atoms with E-state index < -0.39 is 17.5 Å². The number of hydrogen-bond acceptors (Lipinski definition) is 5. The van der Waals surface area contributed by atoms with Crippen molar-refractivity contribution in [3.05, 3.63) is 83.4 Å². The Hall–Kier alpha value is -4.33. The summed E-state index contributed by atoms with van der Waals surface area (Å²) in [6.07, 6.45) is 0.508. The van der Waals surface area contributed by atoms with E-state index >= 15 is 0 Å². The standard InChI is InChI=1S/C27H24N2O6/c30-16-9-10-23(21(13-16)24(31)32)29-25(33)27(11-12-27)15-28-26(34)35-14-22-19-7-3-1-5-17(19)18-6-2-4-8-20(18)22/h1-10,13,22,30H,11-12,14-15H2,(H,28,34)(H,29,33)(H,31,32). The van der Waals surface area contributed by atoms with Crippen molar-refractivity contribution in [2.45, 2.75) is 18.8 Å². The average molecular weight is 472 g/mol. The third-order valence-electron chi connectivity index (χ3n) is 6.73. The molecule has 2 amide bonds. The molecule has 8 heteroatoms. The van der Waals surface area contributed by atoms with E-state index in [1.54, 1.807) is 0 Å². The Labute approximate surface area is 201 Å². The van der Waals surface area contributed by atoms with Gasteiger partial charge in [-0.2, -0.15) is 0 Å². The van der Waals surface area contributed by atoms with Gasteiger partial charge in [0.1, 0.15) is 12.4 Å². The Kier molecular flexibility index (Phi) is 5.64. The second-order valence-electron chi connectivity index (χ2n) is 8.95. The molecule has 0 heterocycles. The van der Waals surface area contributed by atoms with Crippen LogP contribution in [0.25, 0.3) is 11.1 Å². The van der Waals surface area contributed by atoms with Crippen LogP contribution in [0, 0.1) is 5.41 Å². The Morgan fingerprint density at radius 2 is 1.57 bits per heavy atom. The quantitative estimate of drug-likeness (QED) is 0.379. The summed E-state index contributed by atoms with van der Waals surface area (Å²) in [5, 5.41) is 24.2. The molecule has 0 radical (unpaired) electrons. The fourth-order valence-corrected chi connectivity index (χ4v) is 4.60. The number of carbonyl (C=O) groups excluding carboxylic acids is 2. The number of aromatic hydroxyl groups is 1. The topological polar surface area (TPSA) is 125 Å². The lowest BCUT2D eigenvalue weighted by atomic mass is 9.98. The van der Waals surface area contributed by atoms with E-state index in [2.05, 4.69) is 22.8 Å². The zero-order valence-electron chi connectivity index (χ0n) is 18.8. The number of anilines is 1. The van der Waals surface area contributed by atoms with Gasteiger partial charge in [0.25, 0.3) is 0 Å². The predicted molar refractivity (Wildman–Crippen MR) is 128 cm³/mol. The number of aromatic carboxylic acids is 1. The molecule has 4 N–H and O–H groups in total. The molecule has 0 bridgehead atoms. The lowest BCUT2D eigenvalue weighted by Gasteiger charge is -2.18. The third-order valence-corrected chi connectivity index (χ3v) is 6.73. The fourth-order valence-electron chi connectivity index (χ4n) is 4.60. The van der Waals surface area contributed by atoms with E-state index in [1.807, 2.05) is 36.4 Å². The van der Waals surface area contributed by atoms with E-state index in [0.717, 1.165) is 28.3 Å². The van der Waals surface area contributed by atoms with Crippen LogP contribution in [0.4, 0.5) is 10.5 Å². The minimum absolute atomic E-state index is 0.0599. The molecular formula is C27H24N2O6. The van der Waals surface area contributed by atoms with Crippen molar-refractivity contribution in [1.29, 1.82) is 0 Å². The molecule has 8 nitrogen and oxygen atoms in total. The number of hydrogen-bond donors (Lipinski definition) is 4. The fraction of sp³-hybridized carbons (Fsp3) is 0.222. The number of carboxylic acid groups (broad SMARTS) is 1. The van der Waals surface area contributed by atoms with Crippen LogP contribution in [-0.2, 0) is 9.53 Å². The normalized spacial score (nSPS) is 15.0. The summed E-state index contributed by atoms with van der Waals surface area (Å²) < 4.78 is 5.54. The van der Waals surface area contributed by atoms with Crippen molar-refractivity contribution < 1.29 is 29.3 Å². The molecule has 1 saturated carbocycles. The number of phenols is 1. The minimum Gasteiger partial charge on any atom is -0.508 e. The summed E-state index contributed by atoms with van der Waals surface area (Å²) in [5.74, 6) is -1.92. The van der Waals surface area contributed by atoms with Crippen molar-refractivity contribution in [3.8, 4) is 16.9 Å². The number of rotatable bonds is 7. The summed E-state index contributed by atoms with van der Waals surface area (Å²) in [6, 6.07) is 19.8. The van der Waals surface area contributed by atoms with Crippen molar-refractivity contribution in [1.82, 2.24) is 5.32 Å². The number of carboxylic acids is 1. The van der Waals surface area contributed by atoms with Gasteiger partial charge < -0.3 is 25.6 Å². The number of alkyl carbamates (subject to hydrolysis) is 1. The summed E-state index contributed by atoms with van der Waals surface area (Å²) in [7, 11) is 0. The molecule has 35 heavy (non-hydrogen) atoms. The number of nitrogens with one attached hydrogen (secondary N) is 2. The first-order valence-electron chi connectivity index (χ1n) is 11.3. The van der Waals surface area contributed by atoms with Gasteiger partial charge in [-0.1, -0.05) is 48.5 Å². The Balaban J connectivity index is 1.19. The van der Waals surface area contributed by atoms with Crippen molar-refractivity contribution in [2.24, 2.45) is 5.41 Å². The van der Waals surface area contributed by atoms with E-state index in [-0.39, 0.29) is 42.0 Å². The second-order valence-corrected chi connectivity index (χ2v) is 8.95. The van der Waals surface area contributed by atoms with Crippen LogP contribution >= 0.6 is 0 Å². The number of benzene rings is 3. The molecule has 0 atom stereocenters. The monoisotopic (exact) mass is 472 g/mol. The summed E-state index contributed by atoms with van der Waals surface area (Å²) >= 11 is 0. The van der Waals surface area contributed by atoms with Gasteiger partial charge >= 0.3 is 12.1 Å². The van der Waals surface area contributed by atoms with Gasteiger partial charge in [0, 0.05) is 12.5 Å². The average Bonchev–Trinajstić information content (AvgIpc) is 3.59. The van der Waals surface area contributed by atoms with E-state index in [1.165, 1.54) is 12.1 Å². The zero-order chi connectivity index (χ0) is 24.6. The van der Waals surface area contributed by atoms with Gasteiger partial charge in [0.05, 0.1) is 16.7 Å². The van der Waals surface area contributed by atoms with Crippen molar-refractivity contribution in [2.75, 3.05) is 18.5 Å². The van der Waals surface area contributed by atoms with Crippen LogP contribution in [0.5, 0.6) is 5.75 Å². The Morgan fingerprint density at radius 1 is 0.943 bits per heavy atom. The molecule has 3 aromatic rings. The lowest BCUT2D eigenvalue weighted by Crippen LogP contribution is -2.37. The van der Waals surface area contributed by atoms with Crippen LogP contribution in [0.15, 0.2) is 66.7 Å². The Bertz CT molecular complexity index is 1290. The maximum absolute atomic E-state index is 12.9. The number of phenolic OH excluding ortho intramolecular Hbond substituents is 1. The molecular weight excluding hydrogens is 448 g/mol. The second kappa shape index (κ2) is 8.79. The number of ether oxygens (including phenoxy) is 1. The lowest BCUT2D eigenvalue weighted by molar-refractivity contribution is -0.120. The molecule has 5 rings (SSSR count). The molecule has 0 spiro atoms. The molecule has 0 aromatic heterocycles. The highest BCUT2D eigenvalue weighted by atomic mass is 16.5. The maximum atomic E-state index is 12.9. The van der Waals surface area contributed by atoms with Gasteiger partial charge in [-0.25, -0.2) is 9.59 Å². The van der Waals surface area contributed by atoms with Gasteiger partial charge in [0.2, 0.25) is 5.91 Å². The number of fused-ring (bicyclic) bond motifs is 3. The molecule has 0 saturated heterocycles. The zero-order valence-corrected chi connectivity index (χ0v) is 18.8. The van der Waals surface area contributed by atoms with Crippen molar-refractivity contribution in [3.63, 3.8) is 0 Å². The summed E-state index contributed by atoms with van der Waals surface area (Å²) in [6.45, 7) is 0.254. The molecule has 3 aromatic carbocycles. The van der Waals surface area contributed by atoms with E-state index in [4.69, 9.17) is 4.74 Å². The summed E-state index contributed by atoms with van der Waals surface area (Å²) in [5.41, 5.74) is 3.57. The number of carbonyl (C=O) groups is 3. The van der Waals surface area contributed by atoms with Crippen LogP contribution in [-0.4, -0.2) is 41.3 Å². The first kappa shape index (κ1) is 22.5. The molecule has 2 aliphatic carbocycles.